The van der Waals surface area contributed by atoms with E-state index in [1.54, 1.807) is 0 Å². The largest absolute Gasteiger partial charge is 0.411 e. The molecule has 0 spiro atoms. The molecule has 0 aliphatic rings. The third-order valence-electron chi connectivity index (χ3n) is 7.85. The Morgan fingerprint density at radius 1 is 0.486 bits per heavy atom. The Labute approximate surface area is 219 Å². The summed E-state index contributed by atoms with van der Waals surface area (Å²) in [7, 11) is 0. The highest BCUT2D eigenvalue weighted by molar-refractivity contribution is 5.94. The fraction of sp³-hybridized carbons (Fsp3) is 0.323. The predicted molar refractivity (Wildman–Crippen MR) is 152 cm³/mol. The zero-order chi connectivity index (χ0) is 27.6. The van der Waals surface area contributed by atoms with Crippen molar-refractivity contribution in [2.45, 2.75) is 68.7 Å². The van der Waals surface area contributed by atoms with Crippen molar-refractivity contribution >= 4 is 18.6 Å². The summed E-state index contributed by atoms with van der Waals surface area (Å²) in [6.07, 6.45) is 5.19. The molecule has 37 heavy (non-hydrogen) atoms. The minimum atomic E-state index is 0.677. The highest BCUT2D eigenvalue weighted by Gasteiger charge is 2.23. The van der Waals surface area contributed by atoms with Crippen LogP contribution < -0.4 is 0 Å². The van der Waals surface area contributed by atoms with Crippen molar-refractivity contribution < 1.29 is 15.6 Å². The van der Waals surface area contributed by atoms with Crippen molar-refractivity contribution in [1.29, 1.82) is 0 Å². The Hall–Kier alpha value is -3.93. The molecule has 6 nitrogen and oxygen atoms in total. The van der Waals surface area contributed by atoms with Gasteiger partial charge in [0.1, 0.15) is 0 Å². The minimum Gasteiger partial charge on any atom is -0.411 e. The van der Waals surface area contributed by atoms with Crippen LogP contribution in [0.3, 0.4) is 0 Å². The molecule has 0 amide bonds. The number of hydrogen-bond acceptors (Lipinski definition) is 6. The molecule has 0 fully saturated rings. The Morgan fingerprint density at radius 3 is 1.46 bits per heavy atom. The molecule has 0 atom stereocenters. The van der Waals surface area contributed by atoms with Gasteiger partial charge in [-0.05, 0) is 141 Å². The van der Waals surface area contributed by atoms with E-state index in [2.05, 4.69) is 76.1 Å². The zero-order valence-corrected chi connectivity index (χ0v) is 23.3. The van der Waals surface area contributed by atoms with E-state index in [1.165, 1.54) is 29.8 Å². The van der Waals surface area contributed by atoms with Crippen LogP contribution in [-0.2, 0) is 6.42 Å². The Balaban J connectivity index is 2.44. The summed E-state index contributed by atoms with van der Waals surface area (Å²) in [5, 5.41) is 38.1. The van der Waals surface area contributed by atoms with Crippen LogP contribution in [-0.4, -0.2) is 34.3 Å². The summed E-state index contributed by atoms with van der Waals surface area (Å²) in [5.74, 6) is 0. The van der Waals surface area contributed by atoms with E-state index >= 15 is 0 Å². The van der Waals surface area contributed by atoms with Gasteiger partial charge in [-0.2, -0.15) is 0 Å². The van der Waals surface area contributed by atoms with Gasteiger partial charge in [-0.1, -0.05) is 27.6 Å². The Kier molecular flexibility index (Phi) is 8.22. The number of rotatable bonds is 6. The number of aryl methyl sites for hydroxylation is 4. The first-order chi connectivity index (χ1) is 17.5. The molecule has 0 saturated carbocycles. The molecule has 0 radical (unpaired) electrons. The number of oxime groups is 3. The molecule has 0 aliphatic carbocycles. The first-order valence-electron chi connectivity index (χ1n) is 12.4. The average Bonchev–Trinajstić information content (AvgIpc) is 2.83. The maximum absolute atomic E-state index is 9.54. The molecular formula is C31H37N3O3. The molecule has 6 heteroatoms. The molecule has 3 aromatic rings. The van der Waals surface area contributed by atoms with Gasteiger partial charge in [-0.15, -0.1) is 0 Å². The first kappa shape index (κ1) is 27.7. The fourth-order valence-corrected chi connectivity index (χ4v) is 5.97. The van der Waals surface area contributed by atoms with Gasteiger partial charge in [0, 0.05) is 16.7 Å². The molecule has 3 N–H and O–H groups in total. The molecule has 0 aliphatic heterocycles. The first-order valence-corrected chi connectivity index (χ1v) is 12.4. The lowest BCUT2D eigenvalue weighted by atomic mass is 9.79. The summed E-state index contributed by atoms with van der Waals surface area (Å²) in [6, 6.07) is 4.25. The Morgan fingerprint density at radius 2 is 0.919 bits per heavy atom. The van der Waals surface area contributed by atoms with Gasteiger partial charge in [0.05, 0.1) is 18.6 Å². The van der Waals surface area contributed by atoms with Crippen LogP contribution in [0.25, 0.3) is 11.1 Å². The van der Waals surface area contributed by atoms with Crippen molar-refractivity contribution in [3.05, 3.63) is 90.0 Å². The summed E-state index contributed by atoms with van der Waals surface area (Å²) in [6.45, 7) is 18.7. The van der Waals surface area contributed by atoms with Crippen LogP contribution in [0.2, 0.25) is 0 Å². The quantitative estimate of drug-likeness (QED) is 0.191. The van der Waals surface area contributed by atoms with E-state index in [-0.39, 0.29) is 0 Å². The second-order valence-corrected chi connectivity index (χ2v) is 10.0. The van der Waals surface area contributed by atoms with Crippen molar-refractivity contribution in [3.8, 4) is 11.1 Å². The molecular weight excluding hydrogens is 462 g/mol. The maximum atomic E-state index is 9.54. The van der Waals surface area contributed by atoms with Gasteiger partial charge in [-0.25, -0.2) is 0 Å². The maximum Gasteiger partial charge on any atom is 0.0739 e. The SMILES string of the molecule is Cc1cc(C)c(Cc2c(C)c(/C=N\O)c(C)c(-c3c(C)cc(C)c(/C=N\O)c3C)c2C)c(C)c1/C=N\O. The standard InChI is InChI=1S/C31H37N3O3/c1-16-10-17(2)27(13-32-35)20(5)25(16)12-26-21(6)29(15-34-37)24(9)31(22(26)7)30-19(4)11-18(3)28(14-33-36)23(30)8/h10-11,13-15,35-37H,12H2,1-9H3/b32-13-,33-14-,34-15-. The van der Waals surface area contributed by atoms with Crippen LogP contribution in [0, 0.1) is 62.3 Å². The van der Waals surface area contributed by atoms with Gasteiger partial charge >= 0.3 is 0 Å². The summed E-state index contributed by atoms with van der Waals surface area (Å²) in [4.78, 5) is 0. The molecule has 0 heterocycles. The van der Waals surface area contributed by atoms with Gasteiger partial charge in [-0.3, -0.25) is 0 Å². The molecule has 0 saturated heterocycles. The lowest BCUT2D eigenvalue weighted by Crippen LogP contribution is -2.10. The Bertz CT molecular complexity index is 1460. The predicted octanol–water partition coefficient (Wildman–Crippen LogP) is 7.14. The fourth-order valence-electron chi connectivity index (χ4n) is 5.97. The van der Waals surface area contributed by atoms with Crippen molar-refractivity contribution in [3.63, 3.8) is 0 Å². The van der Waals surface area contributed by atoms with Crippen LogP contribution in [0.15, 0.2) is 27.6 Å². The lowest BCUT2D eigenvalue weighted by molar-refractivity contribution is 0.321. The van der Waals surface area contributed by atoms with Gasteiger partial charge in [0.15, 0.2) is 0 Å². The van der Waals surface area contributed by atoms with Crippen molar-refractivity contribution in [2.75, 3.05) is 0 Å². The van der Waals surface area contributed by atoms with Gasteiger partial charge < -0.3 is 15.6 Å². The third-order valence-corrected chi connectivity index (χ3v) is 7.85. The zero-order valence-electron chi connectivity index (χ0n) is 23.3. The second-order valence-electron chi connectivity index (χ2n) is 10.0. The molecule has 0 unspecified atom stereocenters. The topological polar surface area (TPSA) is 97.8 Å². The highest BCUT2D eigenvalue weighted by atomic mass is 16.4. The molecule has 194 valence electrons. The van der Waals surface area contributed by atoms with E-state index in [4.69, 9.17) is 0 Å². The van der Waals surface area contributed by atoms with E-state index in [0.717, 1.165) is 77.9 Å². The second kappa shape index (κ2) is 11.0. The summed E-state index contributed by atoms with van der Waals surface area (Å²) in [5.41, 5.74) is 17.0. The average molecular weight is 500 g/mol. The monoisotopic (exact) mass is 499 g/mol. The number of hydrogen-bond donors (Lipinski definition) is 3. The molecule has 3 aromatic carbocycles. The minimum absolute atomic E-state index is 0.677. The number of benzene rings is 3. The third kappa shape index (κ3) is 4.88. The smallest absolute Gasteiger partial charge is 0.0739 e. The molecule has 0 aromatic heterocycles. The van der Waals surface area contributed by atoms with Crippen LogP contribution in [0.5, 0.6) is 0 Å². The lowest BCUT2D eigenvalue weighted by Gasteiger charge is -2.25. The van der Waals surface area contributed by atoms with Crippen molar-refractivity contribution in [1.82, 2.24) is 0 Å². The van der Waals surface area contributed by atoms with E-state index in [0.29, 0.717) is 6.42 Å². The van der Waals surface area contributed by atoms with Crippen LogP contribution >= 0.6 is 0 Å². The van der Waals surface area contributed by atoms with Crippen LogP contribution in [0.4, 0.5) is 0 Å². The number of nitrogens with zero attached hydrogens (tertiary/aromatic N) is 3. The van der Waals surface area contributed by atoms with E-state index in [9.17, 15) is 15.6 Å². The highest BCUT2D eigenvalue weighted by Crippen LogP contribution is 2.40. The summed E-state index contributed by atoms with van der Waals surface area (Å²) >= 11 is 0. The van der Waals surface area contributed by atoms with Crippen LogP contribution in [0.1, 0.15) is 77.9 Å². The normalized spacial score (nSPS) is 12.0. The van der Waals surface area contributed by atoms with E-state index in [1.807, 2.05) is 13.8 Å². The molecule has 3 rings (SSSR count). The molecule has 0 bridgehead atoms. The van der Waals surface area contributed by atoms with Crippen molar-refractivity contribution in [2.24, 2.45) is 15.5 Å². The van der Waals surface area contributed by atoms with Gasteiger partial charge in [0.2, 0.25) is 0 Å². The summed E-state index contributed by atoms with van der Waals surface area (Å²) < 4.78 is 0. The van der Waals surface area contributed by atoms with Gasteiger partial charge in [0.25, 0.3) is 0 Å². The van der Waals surface area contributed by atoms with E-state index < -0.39 is 0 Å².